The molecule has 5 atom stereocenters. The molecule has 0 aromatic heterocycles. The zero-order chi connectivity index (χ0) is 31.3. The average Bonchev–Trinajstić information content (AvgIpc) is 3.87. The summed E-state index contributed by atoms with van der Waals surface area (Å²) in [6, 6.07) is 31.8. The van der Waals surface area contributed by atoms with Gasteiger partial charge in [0.05, 0.1) is 11.3 Å². The molecule has 4 aliphatic heterocycles. The van der Waals surface area contributed by atoms with Crippen molar-refractivity contribution in [2.24, 2.45) is 5.92 Å². The van der Waals surface area contributed by atoms with Gasteiger partial charge < -0.3 is 10.1 Å². The van der Waals surface area contributed by atoms with Gasteiger partial charge in [-0.15, -0.1) is 11.8 Å². The maximum Gasteiger partial charge on any atom is 0.250 e. The number of nitrogens with zero attached hydrogens (tertiary/aromatic N) is 2. The van der Waals surface area contributed by atoms with Gasteiger partial charge in [-0.2, -0.15) is 0 Å². The fourth-order valence-corrected chi connectivity index (χ4v) is 9.83. The highest BCUT2D eigenvalue weighted by molar-refractivity contribution is 7.99. The van der Waals surface area contributed by atoms with Crippen molar-refractivity contribution in [2.75, 3.05) is 37.3 Å². The van der Waals surface area contributed by atoms with E-state index in [-0.39, 0.29) is 29.0 Å². The number of ether oxygens (including phenoxy) is 1. The van der Waals surface area contributed by atoms with Crippen LogP contribution in [0.1, 0.15) is 51.2 Å². The van der Waals surface area contributed by atoms with Crippen LogP contribution in [0.4, 0.5) is 10.1 Å². The van der Waals surface area contributed by atoms with Gasteiger partial charge in [0.1, 0.15) is 23.7 Å². The Morgan fingerprint density at radius 3 is 2.33 bits per heavy atom. The maximum absolute atomic E-state index is 15.1. The molecule has 2 unspecified atom stereocenters. The molecule has 4 aromatic rings. The van der Waals surface area contributed by atoms with E-state index >= 15 is 9.18 Å². The number of carbonyl (C=O) groups excluding carboxylic acids is 2. The number of likely N-dealkylation sites (tertiary alicyclic amines) is 1. The molecule has 3 fully saturated rings. The normalized spacial score (nSPS) is 27.1. The van der Waals surface area contributed by atoms with Crippen molar-refractivity contribution in [2.45, 2.75) is 35.7 Å². The predicted molar refractivity (Wildman–Crippen MR) is 179 cm³/mol. The molecule has 1 spiro atoms. The summed E-state index contributed by atoms with van der Waals surface area (Å²) in [5, 5.41) is 2.88. The molecular weight excluding hydrogens is 598 g/mol. The van der Waals surface area contributed by atoms with Gasteiger partial charge in [0.25, 0.3) is 0 Å². The highest BCUT2D eigenvalue weighted by Crippen LogP contribution is 2.65. The van der Waals surface area contributed by atoms with E-state index in [1.54, 1.807) is 17.8 Å². The van der Waals surface area contributed by atoms with Crippen LogP contribution in [0.25, 0.3) is 0 Å². The Morgan fingerprint density at radius 1 is 0.913 bits per heavy atom. The van der Waals surface area contributed by atoms with Crippen LogP contribution in [-0.2, 0) is 10.3 Å². The van der Waals surface area contributed by atoms with Crippen molar-refractivity contribution in [3.05, 3.63) is 131 Å². The molecule has 4 aliphatic rings. The summed E-state index contributed by atoms with van der Waals surface area (Å²) in [6.07, 6.45) is 2.48. The van der Waals surface area contributed by atoms with Crippen LogP contribution in [0, 0.1) is 11.7 Å². The molecule has 0 bridgehead atoms. The minimum Gasteiger partial charge on any atom is -0.492 e. The number of hydrogen-bond acceptors (Lipinski definition) is 6. The van der Waals surface area contributed by atoms with E-state index in [1.807, 2.05) is 60.7 Å². The van der Waals surface area contributed by atoms with Gasteiger partial charge in [0.15, 0.2) is 5.78 Å². The summed E-state index contributed by atoms with van der Waals surface area (Å²) in [4.78, 5) is 34.3. The summed E-state index contributed by atoms with van der Waals surface area (Å²) in [7, 11) is 0. The van der Waals surface area contributed by atoms with Crippen LogP contribution < -0.4 is 10.1 Å². The number of amides is 1. The number of rotatable bonds is 8. The Balaban J connectivity index is 1.23. The lowest BCUT2D eigenvalue weighted by Crippen LogP contribution is -2.53. The first kappa shape index (κ1) is 29.4. The Kier molecular flexibility index (Phi) is 7.67. The second-order valence-electron chi connectivity index (χ2n) is 12.7. The lowest BCUT2D eigenvalue weighted by atomic mass is 9.69. The van der Waals surface area contributed by atoms with Crippen LogP contribution in [0.15, 0.2) is 103 Å². The van der Waals surface area contributed by atoms with E-state index in [0.717, 1.165) is 36.5 Å². The van der Waals surface area contributed by atoms with E-state index in [4.69, 9.17) is 4.74 Å². The van der Waals surface area contributed by atoms with Gasteiger partial charge in [-0.3, -0.25) is 19.4 Å². The average molecular weight is 634 g/mol. The number of hydrogen-bond donors (Lipinski definition) is 1. The summed E-state index contributed by atoms with van der Waals surface area (Å²) < 4.78 is 21.2. The summed E-state index contributed by atoms with van der Waals surface area (Å²) >= 11 is 1.78. The number of nitrogens with one attached hydrogen (secondary N) is 1. The fraction of sp³-hybridized carbons (Fsp3) is 0.316. The smallest absolute Gasteiger partial charge is 0.250 e. The fourth-order valence-electron chi connectivity index (χ4n) is 8.25. The molecule has 1 N–H and O–H groups in total. The van der Waals surface area contributed by atoms with Crippen LogP contribution in [-0.4, -0.2) is 59.5 Å². The SMILES string of the molecule is O=C(c1ccc(OCCN2CCCC2)cc1)[C@H]1[C@H](c2ccccc2)C2CS[C@H](c3ccccc3)N2C12C(=O)Nc1ccc(F)cc12. The number of anilines is 1. The number of thioether (sulfide) groups is 1. The molecule has 0 radical (unpaired) electrons. The monoisotopic (exact) mass is 633 g/mol. The molecule has 6 nitrogen and oxygen atoms in total. The largest absolute Gasteiger partial charge is 0.492 e. The second-order valence-corrected chi connectivity index (χ2v) is 13.8. The number of halogens is 1. The van der Waals surface area contributed by atoms with Crippen LogP contribution in [0.3, 0.4) is 0 Å². The molecular formula is C38H36FN3O3S. The van der Waals surface area contributed by atoms with Gasteiger partial charge in [-0.25, -0.2) is 4.39 Å². The summed E-state index contributed by atoms with van der Waals surface area (Å²) in [5.74, 6) is -0.492. The second kappa shape index (κ2) is 12.0. The first-order chi connectivity index (χ1) is 22.6. The van der Waals surface area contributed by atoms with Crippen molar-refractivity contribution in [1.82, 2.24) is 9.80 Å². The quantitative estimate of drug-likeness (QED) is 0.214. The Hall–Kier alpha value is -3.98. The van der Waals surface area contributed by atoms with Gasteiger partial charge in [0, 0.05) is 41.1 Å². The number of ketones is 1. The van der Waals surface area contributed by atoms with Gasteiger partial charge in [0.2, 0.25) is 5.91 Å². The van der Waals surface area contributed by atoms with E-state index < -0.39 is 17.3 Å². The third-order valence-electron chi connectivity index (χ3n) is 10.2. The molecule has 1 amide bonds. The lowest BCUT2D eigenvalue weighted by Gasteiger charge is -2.40. The molecule has 0 aliphatic carbocycles. The van der Waals surface area contributed by atoms with E-state index in [9.17, 15) is 4.79 Å². The zero-order valence-corrected chi connectivity index (χ0v) is 26.3. The van der Waals surface area contributed by atoms with Gasteiger partial charge in [-0.05, 0) is 79.5 Å². The molecule has 4 aromatic carbocycles. The van der Waals surface area contributed by atoms with Crippen molar-refractivity contribution in [1.29, 1.82) is 0 Å². The minimum atomic E-state index is -1.41. The number of fused-ring (bicyclic) bond motifs is 4. The van der Waals surface area contributed by atoms with Crippen LogP contribution >= 0.6 is 11.8 Å². The van der Waals surface area contributed by atoms with E-state index in [1.165, 1.54) is 25.0 Å². The number of carbonyl (C=O) groups is 2. The van der Waals surface area contributed by atoms with Crippen molar-refractivity contribution in [3.63, 3.8) is 0 Å². The Bertz CT molecular complexity index is 1750. The highest BCUT2D eigenvalue weighted by Gasteiger charge is 2.71. The summed E-state index contributed by atoms with van der Waals surface area (Å²) in [5.41, 5.74) is 2.25. The molecule has 46 heavy (non-hydrogen) atoms. The van der Waals surface area contributed by atoms with Crippen molar-refractivity contribution in [3.8, 4) is 5.75 Å². The van der Waals surface area contributed by atoms with Gasteiger partial charge in [-0.1, -0.05) is 60.7 Å². The predicted octanol–water partition coefficient (Wildman–Crippen LogP) is 6.86. The first-order valence-electron chi connectivity index (χ1n) is 16.2. The third-order valence-corrected chi connectivity index (χ3v) is 11.6. The van der Waals surface area contributed by atoms with Crippen LogP contribution in [0.2, 0.25) is 0 Å². The number of benzene rings is 4. The highest BCUT2D eigenvalue weighted by atomic mass is 32.2. The van der Waals surface area contributed by atoms with E-state index in [2.05, 4.69) is 39.4 Å². The Morgan fingerprint density at radius 2 is 1.61 bits per heavy atom. The van der Waals surface area contributed by atoms with Crippen LogP contribution in [0.5, 0.6) is 5.75 Å². The molecule has 0 saturated carbocycles. The topological polar surface area (TPSA) is 61.9 Å². The van der Waals surface area contributed by atoms with E-state index in [0.29, 0.717) is 29.2 Å². The zero-order valence-electron chi connectivity index (χ0n) is 25.5. The molecule has 8 rings (SSSR count). The first-order valence-corrected chi connectivity index (χ1v) is 17.2. The molecule has 8 heteroatoms. The standard InChI is InChI=1S/C38H36FN3O3S/c39-28-15-18-31-30(23-28)38(37(44)40-31)34(35(43)26-13-16-29(17-14-26)45-22-21-41-19-7-8-20-41)33(25-9-3-1-4-10-25)32-24-46-36(42(32)38)27-11-5-2-6-12-27/h1-6,9-18,23,32-34,36H,7-8,19-22,24H2,(H,40,44)/t32?,33-,34-,36-,38?/m1/s1. The molecule has 234 valence electrons. The van der Waals surface area contributed by atoms with Crippen molar-refractivity contribution >= 4 is 29.1 Å². The maximum atomic E-state index is 15.1. The Labute approximate surface area is 272 Å². The lowest BCUT2D eigenvalue weighted by molar-refractivity contribution is -0.128. The van der Waals surface area contributed by atoms with Gasteiger partial charge >= 0.3 is 0 Å². The van der Waals surface area contributed by atoms with Crippen molar-refractivity contribution < 1.29 is 18.7 Å². The summed E-state index contributed by atoms with van der Waals surface area (Å²) in [6.45, 7) is 3.70. The third kappa shape index (κ3) is 4.77. The number of Topliss-reactive ketones (excluding diaryl/α,β-unsaturated/α-hetero) is 1. The minimum absolute atomic E-state index is 0.129. The molecule has 3 saturated heterocycles. The molecule has 4 heterocycles.